The third-order valence-electron chi connectivity index (χ3n) is 4.43. The predicted molar refractivity (Wildman–Crippen MR) is 98.4 cm³/mol. The number of nitrogens with zero attached hydrogens (tertiary/aromatic N) is 1. The molecule has 2 aromatic rings. The number of carbonyl (C=O) groups excluding carboxylic acids is 1. The molecule has 3 rings (SSSR count). The van der Waals surface area contributed by atoms with Gasteiger partial charge in [0.15, 0.2) is 0 Å². The Labute approximate surface area is 153 Å². The molecule has 0 saturated carbocycles. The van der Waals surface area contributed by atoms with E-state index in [-0.39, 0.29) is 12.0 Å². The molecule has 0 atom stereocenters. The summed E-state index contributed by atoms with van der Waals surface area (Å²) in [6.45, 7) is 1.46. The van der Waals surface area contributed by atoms with Gasteiger partial charge in [-0.25, -0.2) is 0 Å². The maximum Gasteiger partial charge on any atom is 0.226 e. The fraction of sp³-hybridized carbons (Fsp3) is 0.350. The SMILES string of the molecule is COc1ccc(OC2CCN(C(=O)Cc3ccc(Cl)cc3)CC2)cc1. The van der Waals surface area contributed by atoms with Crippen LogP contribution in [0.1, 0.15) is 18.4 Å². The van der Waals surface area contributed by atoms with Crippen molar-refractivity contribution in [2.45, 2.75) is 25.4 Å². The molecule has 0 aromatic heterocycles. The normalized spacial score (nSPS) is 15.0. The molecule has 5 heteroatoms. The number of ether oxygens (including phenoxy) is 2. The number of hydrogen-bond acceptors (Lipinski definition) is 3. The molecule has 2 aromatic carbocycles. The van der Waals surface area contributed by atoms with Crippen LogP contribution in [0.25, 0.3) is 0 Å². The van der Waals surface area contributed by atoms with Gasteiger partial charge in [0.1, 0.15) is 17.6 Å². The minimum Gasteiger partial charge on any atom is -0.497 e. The van der Waals surface area contributed by atoms with Crippen molar-refractivity contribution in [2.24, 2.45) is 0 Å². The van der Waals surface area contributed by atoms with E-state index in [9.17, 15) is 4.79 Å². The lowest BCUT2D eigenvalue weighted by molar-refractivity contribution is -0.132. The molecular formula is C20H22ClNO3. The van der Waals surface area contributed by atoms with Crippen LogP contribution in [-0.4, -0.2) is 37.1 Å². The fourth-order valence-electron chi connectivity index (χ4n) is 2.96. The Morgan fingerprint density at radius 3 is 2.24 bits per heavy atom. The zero-order valence-electron chi connectivity index (χ0n) is 14.3. The van der Waals surface area contributed by atoms with Gasteiger partial charge in [0, 0.05) is 31.0 Å². The van der Waals surface area contributed by atoms with E-state index >= 15 is 0 Å². The Morgan fingerprint density at radius 2 is 1.64 bits per heavy atom. The second-order valence-electron chi connectivity index (χ2n) is 6.18. The van der Waals surface area contributed by atoms with Gasteiger partial charge in [0.2, 0.25) is 5.91 Å². The van der Waals surface area contributed by atoms with Crippen LogP contribution in [0.4, 0.5) is 0 Å². The first-order valence-electron chi connectivity index (χ1n) is 8.47. The molecule has 0 bridgehead atoms. The molecule has 25 heavy (non-hydrogen) atoms. The molecule has 1 fully saturated rings. The third kappa shape index (κ3) is 4.89. The molecular weight excluding hydrogens is 338 g/mol. The lowest BCUT2D eigenvalue weighted by Gasteiger charge is -2.32. The minimum atomic E-state index is 0.146. The summed E-state index contributed by atoms with van der Waals surface area (Å²) in [5, 5.41) is 0.688. The number of benzene rings is 2. The highest BCUT2D eigenvalue weighted by Crippen LogP contribution is 2.22. The molecule has 0 spiro atoms. The van der Waals surface area contributed by atoms with E-state index in [4.69, 9.17) is 21.1 Å². The summed E-state index contributed by atoms with van der Waals surface area (Å²) in [4.78, 5) is 14.3. The van der Waals surface area contributed by atoms with Gasteiger partial charge in [-0.1, -0.05) is 23.7 Å². The summed E-state index contributed by atoms with van der Waals surface area (Å²) in [6.07, 6.45) is 2.26. The predicted octanol–water partition coefficient (Wildman–Crippen LogP) is 3.96. The number of amides is 1. The number of halogens is 1. The minimum absolute atomic E-state index is 0.146. The van der Waals surface area contributed by atoms with Crippen molar-refractivity contribution in [1.82, 2.24) is 4.90 Å². The smallest absolute Gasteiger partial charge is 0.226 e. The van der Waals surface area contributed by atoms with Crippen LogP contribution in [0, 0.1) is 0 Å². The Balaban J connectivity index is 1.47. The fourth-order valence-corrected chi connectivity index (χ4v) is 3.08. The van der Waals surface area contributed by atoms with E-state index in [0.29, 0.717) is 11.4 Å². The Kier molecular flexibility index (Phi) is 5.82. The van der Waals surface area contributed by atoms with Crippen LogP contribution in [0.2, 0.25) is 5.02 Å². The maximum absolute atomic E-state index is 12.4. The lowest BCUT2D eigenvalue weighted by Crippen LogP contribution is -2.42. The van der Waals surface area contributed by atoms with E-state index in [0.717, 1.165) is 43.0 Å². The summed E-state index contributed by atoms with van der Waals surface area (Å²) in [6, 6.07) is 15.0. The van der Waals surface area contributed by atoms with Crippen LogP contribution in [0.15, 0.2) is 48.5 Å². The first-order chi connectivity index (χ1) is 12.1. The van der Waals surface area contributed by atoms with Crippen molar-refractivity contribution in [3.8, 4) is 11.5 Å². The monoisotopic (exact) mass is 359 g/mol. The van der Waals surface area contributed by atoms with Crippen LogP contribution >= 0.6 is 11.6 Å². The molecule has 1 aliphatic heterocycles. The average molecular weight is 360 g/mol. The number of piperidine rings is 1. The summed E-state index contributed by atoms with van der Waals surface area (Å²) in [5.41, 5.74) is 0.992. The summed E-state index contributed by atoms with van der Waals surface area (Å²) < 4.78 is 11.2. The van der Waals surface area contributed by atoms with Crippen molar-refractivity contribution in [3.63, 3.8) is 0 Å². The maximum atomic E-state index is 12.4. The Morgan fingerprint density at radius 1 is 1.04 bits per heavy atom. The molecule has 1 heterocycles. The van der Waals surface area contributed by atoms with Gasteiger partial charge < -0.3 is 14.4 Å². The number of likely N-dealkylation sites (tertiary alicyclic amines) is 1. The summed E-state index contributed by atoms with van der Waals surface area (Å²) in [7, 11) is 1.65. The Hall–Kier alpha value is -2.20. The summed E-state index contributed by atoms with van der Waals surface area (Å²) >= 11 is 5.88. The van der Waals surface area contributed by atoms with Crippen LogP contribution in [-0.2, 0) is 11.2 Å². The first kappa shape index (κ1) is 17.6. The van der Waals surface area contributed by atoms with Crippen molar-refractivity contribution < 1.29 is 14.3 Å². The van der Waals surface area contributed by atoms with Crippen molar-refractivity contribution in [1.29, 1.82) is 0 Å². The number of carbonyl (C=O) groups is 1. The van der Waals surface area contributed by atoms with Crippen molar-refractivity contribution in [2.75, 3.05) is 20.2 Å². The molecule has 4 nitrogen and oxygen atoms in total. The highest BCUT2D eigenvalue weighted by atomic mass is 35.5. The average Bonchev–Trinajstić information content (AvgIpc) is 2.65. The standard InChI is InChI=1S/C20H22ClNO3/c1-24-17-6-8-18(9-7-17)25-19-10-12-22(13-11-19)20(23)14-15-2-4-16(21)5-3-15/h2-9,19H,10-14H2,1H3. The van der Waals surface area contributed by atoms with E-state index in [1.807, 2.05) is 53.4 Å². The van der Waals surface area contributed by atoms with Gasteiger partial charge in [-0.05, 0) is 42.0 Å². The van der Waals surface area contributed by atoms with Crippen molar-refractivity contribution in [3.05, 3.63) is 59.1 Å². The van der Waals surface area contributed by atoms with Crippen LogP contribution < -0.4 is 9.47 Å². The van der Waals surface area contributed by atoms with Gasteiger partial charge in [-0.2, -0.15) is 0 Å². The van der Waals surface area contributed by atoms with E-state index in [1.165, 1.54) is 0 Å². The van der Waals surface area contributed by atoms with E-state index < -0.39 is 0 Å². The second kappa shape index (κ2) is 8.26. The first-order valence-corrected chi connectivity index (χ1v) is 8.85. The van der Waals surface area contributed by atoms with Gasteiger partial charge in [0.05, 0.1) is 13.5 Å². The molecule has 1 amide bonds. The highest BCUT2D eigenvalue weighted by molar-refractivity contribution is 6.30. The molecule has 1 saturated heterocycles. The lowest BCUT2D eigenvalue weighted by atomic mass is 10.1. The molecule has 0 N–H and O–H groups in total. The zero-order valence-corrected chi connectivity index (χ0v) is 15.0. The number of methoxy groups -OCH3 is 1. The number of hydrogen-bond donors (Lipinski definition) is 0. The number of rotatable bonds is 5. The third-order valence-corrected chi connectivity index (χ3v) is 4.68. The highest BCUT2D eigenvalue weighted by Gasteiger charge is 2.24. The molecule has 0 aliphatic carbocycles. The van der Waals surface area contributed by atoms with Crippen LogP contribution in [0.5, 0.6) is 11.5 Å². The molecule has 132 valence electrons. The summed E-state index contributed by atoms with van der Waals surface area (Å²) in [5.74, 6) is 1.81. The van der Waals surface area contributed by atoms with Gasteiger partial charge in [0.25, 0.3) is 0 Å². The van der Waals surface area contributed by atoms with E-state index in [1.54, 1.807) is 7.11 Å². The van der Waals surface area contributed by atoms with Gasteiger partial charge >= 0.3 is 0 Å². The topological polar surface area (TPSA) is 38.8 Å². The molecule has 0 radical (unpaired) electrons. The Bertz CT molecular complexity index is 692. The molecule has 1 aliphatic rings. The van der Waals surface area contributed by atoms with Crippen molar-refractivity contribution >= 4 is 17.5 Å². The largest absolute Gasteiger partial charge is 0.497 e. The van der Waals surface area contributed by atoms with Gasteiger partial charge in [-0.15, -0.1) is 0 Å². The van der Waals surface area contributed by atoms with Gasteiger partial charge in [-0.3, -0.25) is 4.79 Å². The zero-order chi connectivity index (χ0) is 17.6. The van der Waals surface area contributed by atoms with E-state index in [2.05, 4.69) is 0 Å². The quantitative estimate of drug-likeness (QED) is 0.811. The molecule has 0 unspecified atom stereocenters. The van der Waals surface area contributed by atoms with Crippen LogP contribution in [0.3, 0.4) is 0 Å². The second-order valence-corrected chi connectivity index (χ2v) is 6.61.